The highest BCUT2D eigenvalue weighted by molar-refractivity contribution is 8.00. The van der Waals surface area contributed by atoms with E-state index in [1.807, 2.05) is 30.3 Å². The van der Waals surface area contributed by atoms with E-state index in [1.165, 1.54) is 11.8 Å². The van der Waals surface area contributed by atoms with Gasteiger partial charge in [-0.25, -0.2) is 0 Å². The van der Waals surface area contributed by atoms with Crippen molar-refractivity contribution >= 4 is 17.5 Å². The van der Waals surface area contributed by atoms with Crippen LogP contribution >= 0.6 is 11.8 Å². The lowest BCUT2D eigenvalue weighted by Crippen LogP contribution is -2.01. The zero-order valence-corrected chi connectivity index (χ0v) is 9.21. The fourth-order valence-electron chi connectivity index (χ4n) is 1.10. The molecule has 1 unspecified atom stereocenters. The summed E-state index contributed by atoms with van der Waals surface area (Å²) in [6.45, 7) is 1.59. The van der Waals surface area contributed by atoms with Gasteiger partial charge in [0.2, 0.25) is 0 Å². The quantitative estimate of drug-likeness (QED) is 0.699. The number of ketones is 1. The lowest BCUT2D eigenvalue weighted by atomic mass is 10.2. The van der Waals surface area contributed by atoms with Gasteiger partial charge < -0.3 is 4.74 Å². The molecule has 1 aromatic rings. The highest BCUT2D eigenvalue weighted by Crippen LogP contribution is 2.28. The van der Waals surface area contributed by atoms with Crippen LogP contribution in [0, 0.1) is 0 Å². The average Bonchev–Trinajstić information content (AvgIpc) is 2.20. The number of methoxy groups -OCH3 is 1. The smallest absolute Gasteiger partial charge is 0.139 e. The second-order valence-electron chi connectivity index (χ2n) is 2.99. The molecular weight excluding hydrogens is 196 g/mol. The molecule has 3 heteroatoms. The molecule has 0 aromatic heterocycles. The van der Waals surface area contributed by atoms with Crippen LogP contribution in [0.1, 0.15) is 17.9 Å². The van der Waals surface area contributed by atoms with E-state index in [0.717, 1.165) is 5.56 Å². The number of thioether (sulfide) groups is 1. The molecule has 0 bridgehead atoms. The second kappa shape index (κ2) is 5.83. The second-order valence-corrected chi connectivity index (χ2v) is 4.04. The van der Waals surface area contributed by atoms with Crippen LogP contribution in [0.25, 0.3) is 0 Å². The number of carbonyl (C=O) groups is 1. The van der Waals surface area contributed by atoms with Gasteiger partial charge in [0.15, 0.2) is 0 Å². The Morgan fingerprint density at radius 2 is 2.07 bits per heavy atom. The molecule has 76 valence electrons. The van der Waals surface area contributed by atoms with Crippen LogP contribution in [0.15, 0.2) is 30.3 Å². The summed E-state index contributed by atoms with van der Waals surface area (Å²) in [6.07, 6.45) is 0. The topological polar surface area (TPSA) is 26.3 Å². The summed E-state index contributed by atoms with van der Waals surface area (Å²) in [4.78, 5) is 10.8. The standard InChI is InChI=1S/C11H14O2S/c1-9(12)8-14-11(13-2)10-6-4-3-5-7-10/h3-7,11H,8H2,1-2H3. The predicted molar refractivity (Wildman–Crippen MR) is 59.3 cm³/mol. The fourth-order valence-corrected chi connectivity index (χ4v) is 1.98. The van der Waals surface area contributed by atoms with Crippen molar-refractivity contribution in [1.29, 1.82) is 0 Å². The van der Waals surface area contributed by atoms with E-state index in [0.29, 0.717) is 5.75 Å². The van der Waals surface area contributed by atoms with E-state index >= 15 is 0 Å². The Hall–Kier alpha value is -0.800. The monoisotopic (exact) mass is 210 g/mol. The molecule has 0 spiro atoms. The lowest BCUT2D eigenvalue weighted by Gasteiger charge is -2.13. The Morgan fingerprint density at radius 3 is 2.57 bits per heavy atom. The van der Waals surface area contributed by atoms with Crippen LogP contribution in [-0.2, 0) is 9.53 Å². The van der Waals surface area contributed by atoms with Crippen LogP contribution < -0.4 is 0 Å². The Bertz CT molecular complexity index is 285. The fraction of sp³-hybridized carbons (Fsp3) is 0.364. The van der Waals surface area contributed by atoms with Gasteiger partial charge in [-0.3, -0.25) is 4.79 Å². The first-order valence-corrected chi connectivity index (χ1v) is 5.47. The van der Waals surface area contributed by atoms with Crippen molar-refractivity contribution < 1.29 is 9.53 Å². The summed E-state index contributed by atoms with van der Waals surface area (Å²) in [5.41, 5.74) is 1.06. The first-order valence-electron chi connectivity index (χ1n) is 4.43. The van der Waals surface area contributed by atoms with Crippen molar-refractivity contribution in [1.82, 2.24) is 0 Å². The molecule has 0 radical (unpaired) electrons. The Balaban J connectivity index is 2.58. The molecule has 1 aromatic carbocycles. The van der Waals surface area contributed by atoms with Gasteiger partial charge in [-0.15, -0.1) is 11.8 Å². The van der Waals surface area contributed by atoms with E-state index in [4.69, 9.17) is 4.74 Å². The van der Waals surface area contributed by atoms with Crippen molar-refractivity contribution in [3.63, 3.8) is 0 Å². The summed E-state index contributed by atoms with van der Waals surface area (Å²) in [7, 11) is 1.66. The van der Waals surface area contributed by atoms with Crippen LogP contribution in [0.2, 0.25) is 0 Å². The molecule has 0 fully saturated rings. The normalized spacial score (nSPS) is 12.4. The van der Waals surface area contributed by atoms with Crippen molar-refractivity contribution in [2.75, 3.05) is 12.9 Å². The van der Waals surface area contributed by atoms with E-state index in [2.05, 4.69) is 0 Å². The molecule has 14 heavy (non-hydrogen) atoms. The molecule has 0 heterocycles. The maximum atomic E-state index is 10.8. The summed E-state index contributed by atoms with van der Waals surface area (Å²) in [6, 6.07) is 9.90. The molecule has 0 aliphatic rings. The first-order chi connectivity index (χ1) is 6.74. The Morgan fingerprint density at radius 1 is 1.43 bits per heavy atom. The number of hydrogen-bond donors (Lipinski definition) is 0. The third-order valence-corrected chi connectivity index (χ3v) is 3.06. The van der Waals surface area contributed by atoms with Crippen LogP contribution in [0.3, 0.4) is 0 Å². The number of hydrogen-bond acceptors (Lipinski definition) is 3. The molecule has 0 amide bonds. The zero-order valence-electron chi connectivity index (χ0n) is 8.40. The molecule has 0 aliphatic carbocycles. The van der Waals surface area contributed by atoms with Gasteiger partial charge in [-0.05, 0) is 12.5 Å². The SMILES string of the molecule is COC(SCC(C)=O)c1ccccc1. The van der Waals surface area contributed by atoms with Crippen molar-refractivity contribution in [2.24, 2.45) is 0 Å². The van der Waals surface area contributed by atoms with Crippen molar-refractivity contribution in [3.05, 3.63) is 35.9 Å². The van der Waals surface area contributed by atoms with Crippen LogP contribution in [0.5, 0.6) is 0 Å². The summed E-state index contributed by atoms with van der Waals surface area (Å²) in [5.74, 6) is 0.668. The van der Waals surface area contributed by atoms with E-state index in [-0.39, 0.29) is 11.2 Å². The van der Waals surface area contributed by atoms with Crippen LogP contribution in [0.4, 0.5) is 0 Å². The minimum absolute atomic E-state index is 0.0416. The average molecular weight is 210 g/mol. The van der Waals surface area contributed by atoms with E-state index in [1.54, 1.807) is 14.0 Å². The maximum absolute atomic E-state index is 10.8. The molecule has 0 N–H and O–H groups in total. The highest BCUT2D eigenvalue weighted by Gasteiger charge is 2.10. The number of rotatable bonds is 5. The first kappa shape index (κ1) is 11.3. The lowest BCUT2D eigenvalue weighted by molar-refractivity contribution is -0.114. The molecule has 0 saturated carbocycles. The van der Waals surface area contributed by atoms with Gasteiger partial charge in [0.25, 0.3) is 0 Å². The summed E-state index contributed by atoms with van der Waals surface area (Å²) < 4.78 is 5.30. The van der Waals surface area contributed by atoms with Gasteiger partial charge in [0.1, 0.15) is 11.2 Å². The molecule has 1 atom stereocenters. The largest absolute Gasteiger partial charge is 0.366 e. The predicted octanol–water partition coefficient (Wildman–Crippen LogP) is 2.65. The molecule has 2 nitrogen and oxygen atoms in total. The number of carbonyl (C=O) groups excluding carboxylic acids is 1. The van der Waals surface area contributed by atoms with Gasteiger partial charge in [0, 0.05) is 7.11 Å². The van der Waals surface area contributed by atoms with E-state index in [9.17, 15) is 4.79 Å². The minimum atomic E-state index is -0.0416. The van der Waals surface area contributed by atoms with Gasteiger partial charge in [-0.2, -0.15) is 0 Å². The molecular formula is C11H14O2S. The van der Waals surface area contributed by atoms with Gasteiger partial charge in [-0.1, -0.05) is 30.3 Å². The summed E-state index contributed by atoms with van der Waals surface area (Å²) in [5, 5.41) is 0. The van der Waals surface area contributed by atoms with Gasteiger partial charge >= 0.3 is 0 Å². The van der Waals surface area contributed by atoms with E-state index < -0.39 is 0 Å². The third-order valence-electron chi connectivity index (χ3n) is 1.72. The number of benzene rings is 1. The molecule has 0 aliphatic heterocycles. The number of ether oxygens (including phenoxy) is 1. The zero-order chi connectivity index (χ0) is 10.4. The van der Waals surface area contributed by atoms with Gasteiger partial charge in [0.05, 0.1) is 5.75 Å². The third kappa shape index (κ3) is 3.52. The highest BCUT2D eigenvalue weighted by atomic mass is 32.2. The van der Waals surface area contributed by atoms with Crippen LogP contribution in [-0.4, -0.2) is 18.6 Å². The Kier molecular flexibility index (Phi) is 4.70. The maximum Gasteiger partial charge on any atom is 0.139 e. The number of Topliss-reactive ketones (excluding diaryl/α,β-unsaturated/α-hetero) is 1. The Labute approximate surface area is 88.7 Å². The molecule has 1 rings (SSSR count). The minimum Gasteiger partial charge on any atom is -0.366 e. The van der Waals surface area contributed by atoms with Crippen molar-refractivity contribution in [3.8, 4) is 0 Å². The summed E-state index contributed by atoms with van der Waals surface area (Å²) >= 11 is 1.51. The molecule has 0 saturated heterocycles. The van der Waals surface area contributed by atoms with Crippen molar-refractivity contribution in [2.45, 2.75) is 12.4 Å².